The van der Waals surface area contributed by atoms with Crippen LogP contribution in [0.4, 0.5) is 5.69 Å². The second-order valence-corrected chi connectivity index (χ2v) is 7.28. The van der Waals surface area contributed by atoms with Crippen LogP contribution in [0.15, 0.2) is 42.5 Å². The van der Waals surface area contributed by atoms with Crippen molar-refractivity contribution in [3.05, 3.63) is 64.7 Å². The molecule has 3 rings (SSSR count). The van der Waals surface area contributed by atoms with Crippen LogP contribution in [0.1, 0.15) is 51.6 Å². The van der Waals surface area contributed by atoms with Gasteiger partial charge in [0.05, 0.1) is 12.2 Å². The number of anilines is 1. The molecule has 0 spiro atoms. The SMILES string of the molecule is CCOC(=O)c1ccc(N(CN2CCCC2=O)C(=O)c2cc(C)cc(C)c2)cc1. The van der Waals surface area contributed by atoms with Crippen molar-refractivity contribution in [1.29, 1.82) is 0 Å². The predicted octanol–water partition coefficient (Wildman–Crippen LogP) is 3.71. The van der Waals surface area contributed by atoms with Gasteiger partial charge in [-0.3, -0.25) is 14.5 Å². The zero-order valence-electron chi connectivity index (χ0n) is 17.1. The third kappa shape index (κ3) is 4.83. The molecule has 0 aliphatic carbocycles. The number of esters is 1. The van der Waals surface area contributed by atoms with Crippen LogP contribution in [0.2, 0.25) is 0 Å². The van der Waals surface area contributed by atoms with Crippen molar-refractivity contribution in [2.45, 2.75) is 33.6 Å². The summed E-state index contributed by atoms with van der Waals surface area (Å²) in [5, 5.41) is 0. The fourth-order valence-corrected chi connectivity index (χ4v) is 3.53. The van der Waals surface area contributed by atoms with Crippen LogP contribution in [0.25, 0.3) is 0 Å². The highest BCUT2D eigenvalue weighted by atomic mass is 16.5. The van der Waals surface area contributed by atoms with E-state index in [2.05, 4.69) is 0 Å². The number of hydrogen-bond donors (Lipinski definition) is 0. The van der Waals surface area contributed by atoms with E-state index in [9.17, 15) is 14.4 Å². The average molecular weight is 394 g/mol. The predicted molar refractivity (Wildman–Crippen MR) is 111 cm³/mol. The van der Waals surface area contributed by atoms with Crippen molar-refractivity contribution in [2.75, 3.05) is 24.7 Å². The van der Waals surface area contributed by atoms with E-state index in [0.29, 0.717) is 36.4 Å². The summed E-state index contributed by atoms with van der Waals surface area (Å²) in [5.74, 6) is -0.535. The van der Waals surface area contributed by atoms with Crippen LogP contribution in [0, 0.1) is 13.8 Å². The molecule has 29 heavy (non-hydrogen) atoms. The smallest absolute Gasteiger partial charge is 0.338 e. The molecule has 0 atom stereocenters. The first-order chi connectivity index (χ1) is 13.9. The summed E-state index contributed by atoms with van der Waals surface area (Å²) in [6.07, 6.45) is 1.31. The molecule has 1 aliphatic rings. The lowest BCUT2D eigenvalue weighted by molar-refractivity contribution is -0.127. The summed E-state index contributed by atoms with van der Waals surface area (Å²) in [4.78, 5) is 40.7. The van der Waals surface area contributed by atoms with Gasteiger partial charge in [0.2, 0.25) is 5.91 Å². The molecule has 1 aliphatic heterocycles. The lowest BCUT2D eigenvalue weighted by Gasteiger charge is -2.28. The highest BCUT2D eigenvalue weighted by Crippen LogP contribution is 2.22. The summed E-state index contributed by atoms with van der Waals surface area (Å²) in [5.41, 5.74) is 3.63. The van der Waals surface area contributed by atoms with Gasteiger partial charge in [-0.25, -0.2) is 4.79 Å². The Morgan fingerprint density at radius 1 is 1.03 bits per heavy atom. The molecule has 0 aromatic heterocycles. The van der Waals surface area contributed by atoms with Crippen LogP contribution >= 0.6 is 0 Å². The minimum atomic E-state index is -0.402. The van der Waals surface area contributed by atoms with Crippen molar-refractivity contribution in [2.24, 2.45) is 0 Å². The van der Waals surface area contributed by atoms with Gasteiger partial charge in [-0.2, -0.15) is 0 Å². The molecular weight excluding hydrogens is 368 g/mol. The Balaban J connectivity index is 1.93. The number of amides is 2. The first kappa shape index (κ1) is 20.6. The molecule has 0 N–H and O–H groups in total. The van der Waals surface area contributed by atoms with Crippen LogP contribution in [0.3, 0.4) is 0 Å². The lowest BCUT2D eigenvalue weighted by Crippen LogP contribution is -2.42. The Hall–Kier alpha value is -3.15. The van der Waals surface area contributed by atoms with E-state index in [4.69, 9.17) is 4.74 Å². The van der Waals surface area contributed by atoms with Crippen LogP contribution in [0.5, 0.6) is 0 Å². The molecule has 0 saturated carbocycles. The third-order valence-corrected chi connectivity index (χ3v) is 4.89. The summed E-state index contributed by atoms with van der Waals surface area (Å²) in [6, 6.07) is 12.4. The van der Waals surface area contributed by atoms with E-state index in [0.717, 1.165) is 17.5 Å². The van der Waals surface area contributed by atoms with E-state index < -0.39 is 5.97 Å². The topological polar surface area (TPSA) is 66.9 Å². The summed E-state index contributed by atoms with van der Waals surface area (Å²) < 4.78 is 5.02. The third-order valence-electron chi connectivity index (χ3n) is 4.89. The van der Waals surface area contributed by atoms with Gasteiger partial charge in [0.25, 0.3) is 5.91 Å². The van der Waals surface area contributed by atoms with Crippen LogP contribution < -0.4 is 4.90 Å². The molecule has 6 nitrogen and oxygen atoms in total. The van der Waals surface area contributed by atoms with Crippen molar-refractivity contribution < 1.29 is 19.1 Å². The van der Waals surface area contributed by atoms with E-state index in [1.54, 1.807) is 41.0 Å². The molecule has 0 radical (unpaired) electrons. The molecule has 1 fully saturated rings. The van der Waals surface area contributed by atoms with E-state index in [1.165, 1.54) is 0 Å². The summed E-state index contributed by atoms with van der Waals surface area (Å²) in [6.45, 7) is 6.77. The first-order valence-corrected chi connectivity index (χ1v) is 9.84. The van der Waals surface area contributed by atoms with Gasteiger partial charge in [-0.1, -0.05) is 17.2 Å². The Morgan fingerprint density at radius 3 is 2.24 bits per heavy atom. The second kappa shape index (κ2) is 8.90. The van der Waals surface area contributed by atoms with Crippen molar-refractivity contribution >= 4 is 23.5 Å². The van der Waals surface area contributed by atoms with Crippen molar-refractivity contribution in [1.82, 2.24) is 4.90 Å². The number of nitrogens with zero attached hydrogens (tertiary/aromatic N) is 2. The molecule has 1 heterocycles. The normalized spacial score (nSPS) is 13.5. The maximum atomic E-state index is 13.4. The molecule has 2 aromatic rings. The standard InChI is InChI=1S/C23H26N2O4/c1-4-29-23(28)18-7-9-20(10-8-18)25(15-24-11-5-6-21(24)26)22(27)19-13-16(2)12-17(3)14-19/h7-10,12-14H,4-6,11,15H2,1-3H3. The van der Waals surface area contributed by atoms with Gasteiger partial charge < -0.3 is 9.64 Å². The monoisotopic (exact) mass is 394 g/mol. The largest absolute Gasteiger partial charge is 0.462 e. The average Bonchev–Trinajstić information content (AvgIpc) is 3.10. The number of ether oxygens (including phenoxy) is 1. The number of hydrogen-bond acceptors (Lipinski definition) is 4. The van der Waals surface area contributed by atoms with Gasteiger partial charge in [0.15, 0.2) is 0 Å². The zero-order valence-corrected chi connectivity index (χ0v) is 17.1. The maximum Gasteiger partial charge on any atom is 0.338 e. The fraction of sp³-hybridized carbons (Fsp3) is 0.348. The minimum absolute atomic E-state index is 0.0476. The number of rotatable bonds is 6. The molecular formula is C23H26N2O4. The van der Waals surface area contributed by atoms with Crippen molar-refractivity contribution in [3.63, 3.8) is 0 Å². The Morgan fingerprint density at radius 2 is 1.69 bits per heavy atom. The second-order valence-electron chi connectivity index (χ2n) is 7.28. The molecule has 6 heteroatoms. The number of carbonyl (C=O) groups is 3. The van der Waals surface area contributed by atoms with E-state index in [-0.39, 0.29) is 18.5 Å². The number of aryl methyl sites for hydroxylation is 2. The Kier molecular flexibility index (Phi) is 6.32. The van der Waals surface area contributed by atoms with Crippen LogP contribution in [-0.2, 0) is 9.53 Å². The molecule has 152 valence electrons. The van der Waals surface area contributed by atoms with Crippen LogP contribution in [-0.4, -0.2) is 42.5 Å². The van der Waals surface area contributed by atoms with E-state index >= 15 is 0 Å². The van der Waals surface area contributed by atoms with Gasteiger partial charge in [-0.05, 0) is 63.6 Å². The number of carbonyl (C=O) groups excluding carboxylic acids is 3. The zero-order chi connectivity index (χ0) is 21.0. The first-order valence-electron chi connectivity index (χ1n) is 9.84. The fourth-order valence-electron chi connectivity index (χ4n) is 3.53. The number of benzene rings is 2. The highest BCUT2D eigenvalue weighted by Gasteiger charge is 2.26. The molecule has 0 unspecified atom stereocenters. The Bertz CT molecular complexity index is 901. The summed E-state index contributed by atoms with van der Waals surface area (Å²) >= 11 is 0. The highest BCUT2D eigenvalue weighted by molar-refractivity contribution is 6.06. The van der Waals surface area contributed by atoms with Gasteiger partial charge >= 0.3 is 5.97 Å². The molecule has 1 saturated heterocycles. The van der Waals surface area contributed by atoms with Crippen molar-refractivity contribution in [3.8, 4) is 0 Å². The molecule has 0 bridgehead atoms. The van der Waals surface area contributed by atoms with E-state index in [1.807, 2.05) is 32.0 Å². The maximum absolute atomic E-state index is 13.4. The van der Waals surface area contributed by atoms with Gasteiger partial charge in [-0.15, -0.1) is 0 Å². The molecule has 2 amide bonds. The minimum Gasteiger partial charge on any atom is -0.462 e. The van der Waals surface area contributed by atoms with Gasteiger partial charge in [0, 0.05) is 24.2 Å². The number of likely N-dealkylation sites (tertiary alicyclic amines) is 1. The summed E-state index contributed by atoms with van der Waals surface area (Å²) in [7, 11) is 0. The Labute approximate surface area is 171 Å². The van der Waals surface area contributed by atoms with Gasteiger partial charge in [0.1, 0.15) is 6.67 Å². The quantitative estimate of drug-likeness (QED) is 0.701. The molecule has 2 aromatic carbocycles. The lowest BCUT2D eigenvalue weighted by atomic mass is 10.1.